The van der Waals surface area contributed by atoms with E-state index in [4.69, 9.17) is 0 Å². The molecule has 0 amide bonds. The Morgan fingerprint density at radius 2 is 0.955 bits per heavy atom. The highest BCUT2D eigenvalue weighted by Crippen LogP contribution is 2.57. The maximum atomic E-state index is 2.53. The number of hydrogen-bond donors (Lipinski definition) is 0. The Bertz CT molecular complexity index is 3230. The van der Waals surface area contributed by atoms with Crippen molar-refractivity contribution in [2.75, 3.05) is 9.80 Å². The van der Waals surface area contributed by atoms with E-state index >= 15 is 0 Å². The lowest BCUT2D eigenvalue weighted by Gasteiger charge is -2.26. The van der Waals surface area contributed by atoms with Gasteiger partial charge in [-0.25, -0.2) is 0 Å². The van der Waals surface area contributed by atoms with Gasteiger partial charge in [0.15, 0.2) is 0 Å². The van der Waals surface area contributed by atoms with Crippen molar-refractivity contribution in [2.24, 2.45) is 0 Å². The number of aryl methyl sites for hydroxylation is 2. The van der Waals surface area contributed by atoms with Crippen LogP contribution in [-0.2, 0) is 0 Å². The van der Waals surface area contributed by atoms with Crippen LogP contribution >= 0.6 is 11.3 Å². The van der Waals surface area contributed by atoms with Gasteiger partial charge in [-0.05, 0) is 137 Å². The fourth-order valence-electron chi connectivity index (χ4n) is 9.51. The number of nitrogens with zero attached hydrogens (tertiary/aromatic N) is 2. The van der Waals surface area contributed by atoms with E-state index in [1.54, 1.807) is 0 Å². The molecular formula is C64H54N2S. The number of anilines is 5. The first-order valence-corrected chi connectivity index (χ1v) is 24.3. The molecular weight excluding hydrogens is 829 g/mol. The topological polar surface area (TPSA) is 6.48 Å². The normalized spacial score (nSPS) is 13.5. The van der Waals surface area contributed by atoms with Gasteiger partial charge in [-0.3, -0.25) is 0 Å². The Morgan fingerprint density at radius 1 is 0.493 bits per heavy atom. The smallest absolute Gasteiger partial charge is 0.0591 e. The van der Waals surface area contributed by atoms with Crippen LogP contribution in [0.3, 0.4) is 0 Å². The quantitative estimate of drug-likeness (QED) is 0.157. The first-order chi connectivity index (χ1) is 33.1. The summed E-state index contributed by atoms with van der Waals surface area (Å²) in [5, 5.41) is 2.68. The van der Waals surface area contributed by atoms with E-state index < -0.39 is 0 Å². The molecule has 1 atom stereocenters. The summed E-state index contributed by atoms with van der Waals surface area (Å²) in [6, 6.07) is 79.0. The molecule has 2 aliphatic rings. The van der Waals surface area contributed by atoms with Gasteiger partial charge < -0.3 is 9.80 Å². The molecule has 1 aliphatic heterocycles. The van der Waals surface area contributed by atoms with E-state index in [2.05, 4.69) is 260 Å². The fraction of sp³-hybridized carbons (Fsp3) is 0.0938. The second-order valence-electron chi connectivity index (χ2n) is 16.9. The number of para-hydroxylation sites is 1. The summed E-state index contributed by atoms with van der Waals surface area (Å²) in [5.74, 6) is 0.305. The van der Waals surface area contributed by atoms with Crippen molar-refractivity contribution in [2.45, 2.75) is 40.0 Å². The van der Waals surface area contributed by atoms with Crippen molar-refractivity contribution < 1.29 is 0 Å². The molecule has 12 rings (SSSR count). The van der Waals surface area contributed by atoms with Crippen LogP contribution in [0.15, 0.2) is 242 Å². The van der Waals surface area contributed by atoms with E-state index in [0.29, 0.717) is 5.92 Å². The van der Waals surface area contributed by atoms with Crippen LogP contribution in [0.2, 0.25) is 0 Å². The third-order valence-electron chi connectivity index (χ3n) is 13.0. The third kappa shape index (κ3) is 8.51. The SMILES string of the molecule is C1=CCC2C(=C1)N(c1ccccc1)c1c2cc(-c2ccc(N(c3ccc(-c4ccccc4)cc3)c3ccc(-c4ccccc4)cc3)cc2)c2sc3ccccc3c12.CC.Cc1ccccc1C. The molecule has 9 aromatic carbocycles. The summed E-state index contributed by atoms with van der Waals surface area (Å²) in [4.78, 5) is 4.90. The van der Waals surface area contributed by atoms with E-state index in [9.17, 15) is 0 Å². The number of hydrogen-bond acceptors (Lipinski definition) is 3. The second-order valence-corrected chi connectivity index (χ2v) is 18.0. The first-order valence-electron chi connectivity index (χ1n) is 23.5. The van der Waals surface area contributed by atoms with Crippen LogP contribution in [0.1, 0.15) is 42.9 Å². The molecule has 0 N–H and O–H groups in total. The summed E-state index contributed by atoms with van der Waals surface area (Å²) in [5.41, 5.74) is 18.8. The molecule has 2 nitrogen and oxygen atoms in total. The summed E-state index contributed by atoms with van der Waals surface area (Å²) in [6.45, 7) is 8.24. The molecule has 1 aromatic heterocycles. The maximum Gasteiger partial charge on any atom is 0.0591 e. The van der Waals surface area contributed by atoms with Gasteiger partial charge in [0, 0.05) is 54.5 Å². The average Bonchev–Trinajstić information content (AvgIpc) is 3.96. The van der Waals surface area contributed by atoms with Crippen molar-refractivity contribution in [3.63, 3.8) is 0 Å². The molecule has 326 valence electrons. The van der Waals surface area contributed by atoms with Crippen molar-refractivity contribution in [1.29, 1.82) is 0 Å². The zero-order valence-corrected chi connectivity index (χ0v) is 39.4. The van der Waals surface area contributed by atoms with Crippen LogP contribution < -0.4 is 9.80 Å². The third-order valence-corrected chi connectivity index (χ3v) is 14.2. The highest BCUT2D eigenvalue weighted by atomic mass is 32.1. The van der Waals surface area contributed by atoms with Gasteiger partial charge in [0.05, 0.1) is 5.69 Å². The Balaban J connectivity index is 0.000000473. The summed E-state index contributed by atoms with van der Waals surface area (Å²) in [6.07, 6.45) is 7.87. The second kappa shape index (κ2) is 19.4. The van der Waals surface area contributed by atoms with Gasteiger partial charge in [0.25, 0.3) is 0 Å². The number of benzene rings is 9. The molecule has 10 aromatic rings. The molecule has 0 saturated heterocycles. The largest absolute Gasteiger partial charge is 0.313 e. The Labute approximate surface area is 400 Å². The molecule has 3 heteroatoms. The lowest BCUT2D eigenvalue weighted by Crippen LogP contribution is -2.14. The Kier molecular flexibility index (Phi) is 12.5. The minimum absolute atomic E-state index is 0.305. The monoisotopic (exact) mass is 882 g/mol. The zero-order chi connectivity index (χ0) is 45.7. The molecule has 0 spiro atoms. The molecule has 67 heavy (non-hydrogen) atoms. The molecule has 0 radical (unpaired) electrons. The van der Waals surface area contributed by atoms with Crippen LogP contribution in [0.5, 0.6) is 0 Å². The summed E-state index contributed by atoms with van der Waals surface area (Å²) < 4.78 is 2.65. The molecule has 1 aliphatic carbocycles. The minimum Gasteiger partial charge on any atom is -0.313 e. The molecule has 0 bridgehead atoms. The summed E-state index contributed by atoms with van der Waals surface area (Å²) in [7, 11) is 0. The van der Waals surface area contributed by atoms with Crippen molar-refractivity contribution in [1.82, 2.24) is 0 Å². The van der Waals surface area contributed by atoms with Gasteiger partial charge in [-0.2, -0.15) is 0 Å². The van der Waals surface area contributed by atoms with Gasteiger partial charge in [0.1, 0.15) is 0 Å². The van der Waals surface area contributed by atoms with Crippen LogP contribution in [0.4, 0.5) is 28.4 Å². The van der Waals surface area contributed by atoms with E-state index in [-0.39, 0.29) is 0 Å². The lowest BCUT2D eigenvalue weighted by molar-refractivity contribution is 0.820. The predicted molar refractivity (Wildman–Crippen MR) is 291 cm³/mol. The van der Waals surface area contributed by atoms with Crippen molar-refractivity contribution >= 4 is 59.9 Å². The fourth-order valence-corrected chi connectivity index (χ4v) is 10.8. The highest BCUT2D eigenvalue weighted by molar-refractivity contribution is 7.26. The minimum atomic E-state index is 0.305. The summed E-state index contributed by atoms with van der Waals surface area (Å²) >= 11 is 1.91. The lowest BCUT2D eigenvalue weighted by atomic mass is 9.89. The van der Waals surface area contributed by atoms with Crippen LogP contribution in [0.25, 0.3) is 53.6 Å². The number of thiophene rings is 1. The molecule has 0 fully saturated rings. The predicted octanol–water partition coefficient (Wildman–Crippen LogP) is 18.9. The van der Waals surface area contributed by atoms with E-state index in [1.807, 2.05) is 25.2 Å². The number of fused-ring (bicyclic) bond motifs is 7. The Morgan fingerprint density at radius 3 is 1.49 bits per heavy atom. The van der Waals surface area contributed by atoms with Gasteiger partial charge >= 0.3 is 0 Å². The van der Waals surface area contributed by atoms with E-state index in [1.165, 1.54) is 87.3 Å². The van der Waals surface area contributed by atoms with Crippen LogP contribution in [-0.4, -0.2) is 0 Å². The molecule has 1 unspecified atom stereocenters. The van der Waals surface area contributed by atoms with E-state index in [0.717, 1.165) is 23.5 Å². The van der Waals surface area contributed by atoms with Crippen molar-refractivity contribution in [3.8, 4) is 33.4 Å². The highest BCUT2D eigenvalue weighted by Gasteiger charge is 2.38. The number of rotatable bonds is 7. The Hall–Kier alpha value is -7.72. The molecule has 2 heterocycles. The standard InChI is InChI=1S/C54H38N2S.C8H10.C2H6/c1-4-14-37(15-5-1)39-24-30-43(31-25-39)55(44-32-26-40(27-33-44)38-16-6-2-7-17-38)45-34-28-41(29-35-45)48-36-49-46-20-10-12-22-50(46)56(42-18-8-3-9-19-42)53(49)52-47-21-11-13-23-51(47)57-54(48)52;1-7-5-3-4-6-8(7)2;1-2/h1-19,21-36,46H,20H2;3-6H,1-2H3;1-2H3. The van der Waals surface area contributed by atoms with Crippen LogP contribution in [0, 0.1) is 13.8 Å². The molecule has 0 saturated carbocycles. The van der Waals surface area contributed by atoms with Gasteiger partial charge in [-0.1, -0.05) is 184 Å². The maximum absolute atomic E-state index is 2.53. The first kappa shape index (κ1) is 43.2. The zero-order valence-electron chi connectivity index (χ0n) is 38.6. The van der Waals surface area contributed by atoms with Crippen molar-refractivity contribution in [3.05, 3.63) is 259 Å². The van der Waals surface area contributed by atoms with Gasteiger partial charge in [-0.15, -0.1) is 11.3 Å². The number of allylic oxidation sites excluding steroid dienone is 4. The average molecular weight is 883 g/mol. The van der Waals surface area contributed by atoms with Gasteiger partial charge in [0.2, 0.25) is 0 Å².